The van der Waals surface area contributed by atoms with E-state index < -0.39 is 11.6 Å². The zero-order valence-electron chi connectivity index (χ0n) is 11.7. The van der Waals surface area contributed by atoms with Crippen molar-refractivity contribution in [2.45, 2.75) is 33.7 Å². The van der Waals surface area contributed by atoms with Crippen molar-refractivity contribution in [3.05, 3.63) is 35.6 Å². The topological polar surface area (TPSA) is 25.2 Å². The first-order valence-electron chi connectivity index (χ1n) is 6.45. The fourth-order valence-electron chi connectivity index (χ4n) is 2.26. The zero-order valence-corrected chi connectivity index (χ0v) is 11.7. The van der Waals surface area contributed by atoms with E-state index in [9.17, 15) is 8.78 Å². The van der Waals surface area contributed by atoms with Gasteiger partial charge in [-0.15, -0.1) is 0 Å². The molecule has 1 atom stereocenters. The van der Waals surface area contributed by atoms with Gasteiger partial charge in [-0.25, -0.2) is 8.78 Å². The van der Waals surface area contributed by atoms with Gasteiger partial charge in [-0.2, -0.15) is 0 Å². The molecule has 0 aliphatic heterocycles. The largest absolute Gasteiger partial charge is 0.456 e. The van der Waals surface area contributed by atoms with Crippen molar-refractivity contribution in [2.75, 3.05) is 6.54 Å². The molecule has 1 unspecified atom stereocenters. The molecule has 19 heavy (non-hydrogen) atoms. The molecule has 0 amide bonds. The van der Waals surface area contributed by atoms with Crippen LogP contribution in [0.15, 0.2) is 22.6 Å². The van der Waals surface area contributed by atoms with Crippen molar-refractivity contribution in [2.24, 2.45) is 5.41 Å². The number of hydrogen-bond acceptors (Lipinski definition) is 2. The van der Waals surface area contributed by atoms with Crippen LogP contribution in [-0.4, -0.2) is 6.54 Å². The molecule has 0 fully saturated rings. The molecule has 2 aromatic rings. The predicted molar refractivity (Wildman–Crippen MR) is 72.0 cm³/mol. The van der Waals surface area contributed by atoms with Crippen molar-refractivity contribution >= 4 is 11.0 Å². The number of rotatable bonds is 3. The van der Waals surface area contributed by atoms with Crippen molar-refractivity contribution in [1.29, 1.82) is 0 Å². The molecule has 2 rings (SSSR count). The van der Waals surface area contributed by atoms with Gasteiger partial charge in [0, 0.05) is 0 Å². The summed E-state index contributed by atoms with van der Waals surface area (Å²) in [5.41, 5.74) is -0.126. The molecule has 0 spiro atoms. The van der Waals surface area contributed by atoms with Gasteiger partial charge in [0.15, 0.2) is 11.4 Å². The third-order valence-corrected chi connectivity index (χ3v) is 3.16. The zero-order chi connectivity index (χ0) is 14.2. The average molecular weight is 267 g/mol. The van der Waals surface area contributed by atoms with E-state index in [4.69, 9.17) is 4.42 Å². The average Bonchev–Trinajstić information content (AvgIpc) is 2.75. The van der Waals surface area contributed by atoms with Gasteiger partial charge in [-0.05, 0) is 30.2 Å². The molecule has 2 nitrogen and oxygen atoms in total. The highest BCUT2D eigenvalue weighted by Gasteiger charge is 2.29. The van der Waals surface area contributed by atoms with E-state index >= 15 is 0 Å². The summed E-state index contributed by atoms with van der Waals surface area (Å²) in [4.78, 5) is 0. The Hall–Kier alpha value is -1.42. The first-order chi connectivity index (χ1) is 8.84. The van der Waals surface area contributed by atoms with Gasteiger partial charge in [0.25, 0.3) is 0 Å². The van der Waals surface area contributed by atoms with Gasteiger partial charge in [0.05, 0.1) is 11.4 Å². The van der Waals surface area contributed by atoms with Crippen LogP contribution >= 0.6 is 0 Å². The van der Waals surface area contributed by atoms with E-state index in [0.29, 0.717) is 5.76 Å². The Morgan fingerprint density at radius 1 is 1.21 bits per heavy atom. The second-order valence-electron chi connectivity index (χ2n) is 5.78. The molecule has 0 saturated carbocycles. The number of benzene rings is 1. The Labute approximate surface area is 111 Å². The van der Waals surface area contributed by atoms with Gasteiger partial charge < -0.3 is 9.73 Å². The molecule has 0 saturated heterocycles. The first kappa shape index (κ1) is 14.0. The van der Waals surface area contributed by atoms with Crippen molar-refractivity contribution < 1.29 is 13.2 Å². The standard InChI is InChI=1S/C15H19F2NO/c1-5-18-14(15(2,3)4)12-8-9-10(16)6-7-11(17)13(9)19-12/h6-8,14,18H,5H2,1-4H3. The van der Waals surface area contributed by atoms with E-state index in [1.54, 1.807) is 6.07 Å². The quantitative estimate of drug-likeness (QED) is 0.891. The van der Waals surface area contributed by atoms with Crippen LogP contribution in [0.3, 0.4) is 0 Å². The highest BCUT2D eigenvalue weighted by Crippen LogP contribution is 2.36. The van der Waals surface area contributed by atoms with Gasteiger partial charge in [0.1, 0.15) is 11.6 Å². The summed E-state index contributed by atoms with van der Waals surface area (Å²) >= 11 is 0. The maximum Gasteiger partial charge on any atom is 0.172 e. The smallest absolute Gasteiger partial charge is 0.172 e. The van der Waals surface area contributed by atoms with Crippen molar-refractivity contribution in [3.8, 4) is 0 Å². The molecule has 104 valence electrons. The Balaban J connectivity index is 2.56. The van der Waals surface area contributed by atoms with Crippen LogP contribution < -0.4 is 5.32 Å². The monoisotopic (exact) mass is 267 g/mol. The van der Waals surface area contributed by atoms with Crippen LogP contribution in [0.1, 0.15) is 39.5 Å². The highest BCUT2D eigenvalue weighted by molar-refractivity contribution is 5.79. The summed E-state index contributed by atoms with van der Waals surface area (Å²) in [6.07, 6.45) is 0. The number of hydrogen-bond donors (Lipinski definition) is 1. The van der Waals surface area contributed by atoms with Crippen LogP contribution in [0.5, 0.6) is 0 Å². The molecule has 1 aromatic carbocycles. The summed E-state index contributed by atoms with van der Waals surface area (Å²) in [6.45, 7) is 8.91. The Kier molecular flexibility index (Phi) is 3.63. The number of furan rings is 1. The molecule has 1 heterocycles. The summed E-state index contributed by atoms with van der Waals surface area (Å²) in [5, 5.41) is 3.50. The minimum absolute atomic E-state index is 0.0119. The number of fused-ring (bicyclic) bond motifs is 1. The Morgan fingerprint density at radius 3 is 2.37 bits per heavy atom. The van der Waals surface area contributed by atoms with Crippen LogP contribution in [-0.2, 0) is 0 Å². The van der Waals surface area contributed by atoms with E-state index in [-0.39, 0.29) is 22.4 Å². The minimum Gasteiger partial charge on any atom is -0.456 e. The maximum atomic E-state index is 13.7. The molecule has 0 aliphatic rings. The summed E-state index contributed by atoms with van der Waals surface area (Å²) < 4.78 is 32.9. The van der Waals surface area contributed by atoms with Gasteiger partial charge in [-0.1, -0.05) is 27.7 Å². The maximum absolute atomic E-state index is 13.7. The lowest BCUT2D eigenvalue weighted by Gasteiger charge is -2.29. The van der Waals surface area contributed by atoms with E-state index in [2.05, 4.69) is 26.1 Å². The van der Waals surface area contributed by atoms with Crippen LogP contribution in [0.2, 0.25) is 0 Å². The molecular formula is C15H19F2NO. The lowest BCUT2D eigenvalue weighted by Crippen LogP contribution is -2.31. The van der Waals surface area contributed by atoms with E-state index in [1.807, 2.05) is 6.92 Å². The third-order valence-electron chi connectivity index (χ3n) is 3.16. The second-order valence-corrected chi connectivity index (χ2v) is 5.78. The van der Waals surface area contributed by atoms with Crippen LogP contribution in [0.25, 0.3) is 11.0 Å². The minimum atomic E-state index is -0.535. The summed E-state index contributed by atoms with van der Waals surface area (Å²) in [5.74, 6) is -0.435. The molecule has 4 heteroatoms. The second kappa shape index (κ2) is 4.93. The molecule has 0 bridgehead atoms. The first-order valence-corrected chi connectivity index (χ1v) is 6.45. The molecule has 1 aromatic heterocycles. The molecule has 1 N–H and O–H groups in total. The van der Waals surface area contributed by atoms with Crippen molar-refractivity contribution in [1.82, 2.24) is 5.32 Å². The lowest BCUT2D eigenvalue weighted by atomic mass is 9.85. The van der Waals surface area contributed by atoms with Crippen LogP contribution in [0.4, 0.5) is 8.78 Å². The number of nitrogens with one attached hydrogen (secondary N) is 1. The fourth-order valence-corrected chi connectivity index (χ4v) is 2.26. The highest BCUT2D eigenvalue weighted by atomic mass is 19.1. The molecule has 0 aliphatic carbocycles. The summed E-state index contributed by atoms with van der Waals surface area (Å²) in [6, 6.07) is 3.70. The molecular weight excluding hydrogens is 248 g/mol. The lowest BCUT2D eigenvalue weighted by molar-refractivity contribution is 0.244. The Bertz CT molecular complexity index is 545. The van der Waals surface area contributed by atoms with E-state index in [0.717, 1.165) is 18.7 Å². The normalized spacial score (nSPS) is 14.0. The van der Waals surface area contributed by atoms with Crippen molar-refractivity contribution in [3.63, 3.8) is 0 Å². The summed E-state index contributed by atoms with van der Waals surface area (Å²) in [7, 11) is 0. The fraction of sp³-hybridized carbons (Fsp3) is 0.467. The Morgan fingerprint density at radius 2 is 1.84 bits per heavy atom. The van der Waals surface area contributed by atoms with Gasteiger partial charge >= 0.3 is 0 Å². The number of halogens is 2. The predicted octanol–water partition coefficient (Wildman–Crippen LogP) is 4.41. The third kappa shape index (κ3) is 2.63. The van der Waals surface area contributed by atoms with Crippen LogP contribution in [0, 0.1) is 17.0 Å². The van der Waals surface area contributed by atoms with E-state index in [1.165, 1.54) is 0 Å². The van der Waals surface area contributed by atoms with Gasteiger partial charge in [-0.3, -0.25) is 0 Å². The SMILES string of the molecule is CCNC(c1cc2c(F)ccc(F)c2o1)C(C)(C)C. The van der Waals surface area contributed by atoms with Gasteiger partial charge in [0.2, 0.25) is 0 Å². The molecule has 0 radical (unpaired) electrons.